The van der Waals surface area contributed by atoms with E-state index in [1.807, 2.05) is 42.5 Å². The van der Waals surface area contributed by atoms with Gasteiger partial charge in [-0.05, 0) is 119 Å². The van der Waals surface area contributed by atoms with Gasteiger partial charge in [-0.15, -0.1) is 0 Å². The first-order chi connectivity index (χ1) is 35.6. The molecule has 0 N–H and O–H groups in total. The third-order valence-electron chi connectivity index (χ3n) is 17.1. The van der Waals surface area contributed by atoms with Crippen LogP contribution in [0.2, 0.25) is 0 Å². The molecule has 7 rings (SSSR count). The van der Waals surface area contributed by atoms with E-state index in [1.54, 1.807) is 9.80 Å². The van der Waals surface area contributed by atoms with Crippen molar-refractivity contribution >= 4 is 60.8 Å². The molecule has 3 amide bonds. The zero-order valence-corrected chi connectivity index (χ0v) is 47.5. The highest BCUT2D eigenvalue weighted by atomic mass is 16.3. The van der Waals surface area contributed by atoms with E-state index >= 15 is 0 Å². The molecule has 402 valence electrons. The van der Waals surface area contributed by atoms with Crippen molar-refractivity contribution in [3.8, 4) is 0 Å². The van der Waals surface area contributed by atoms with E-state index in [1.165, 1.54) is 94.9 Å². The van der Waals surface area contributed by atoms with Crippen LogP contribution in [-0.4, -0.2) is 70.3 Å². The molecular formula is C66H99N3O4. The maximum Gasteiger partial charge on any atom is 0.261 e. The van der Waals surface area contributed by atoms with E-state index < -0.39 is 6.23 Å². The Labute approximate surface area is 443 Å². The van der Waals surface area contributed by atoms with Gasteiger partial charge in [0.1, 0.15) is 0 Å². The second kappa shape index (κ2) is 29.3. The molecular weight excluding hydrogens is 899 g/mol. The van der Waals surface area contributed by atoms with Gasteiger partial charge in [0, 0.05) is 34.2 Å². The van der Waals surface area contributed by atoms with E-state index in [-0.39, 0.29) is 29.8 Å². The monoisotopic (exact) mass is 998 g/mol. The number of fused-ring (bicyclic) bond motifs is 2. The summed E-state index contributed by atoms with van der Waals surface area (Å²) in [6.45, 7) is 23.8. The van der Waals surface area contributed by atoms with Crippen LogP contribution in [0.4, 0.5) is 0 Å². The Morgan fingerprint density at radius 2 is 0.712 bits per heavy atom. The van der Waals surface area contributed by atoms with Gasteiger partial charge in [0.2, 0.25) is 0 Å². The molecule has 0 bridgehead atoms. The summed E-state index contributed by atoms with van der Waals surface area (Å²) < 4.78 is 1.42. The first kappa shape index (κ1) is 58.2. The molecule has 0 aromatic heterocycles. The highest BCUT2D eigenvalue weighted by Crippen LogP contribution is 2.48. The standard InChI is InChI=1S/C50H63N2O4.C16H36N/c1-5-9-13-17-21-33(22-18-14-10-6-2)51-47(53)39-29-25-35-37-27-31-41-46-42(32-28-38(44(37)46)36-26-30-40(48(51)54)45(39)43(35)36)50(56)52(49(41)55)34(23-19-15-11-7-3)24-20-16-12-8-4;1-5-9-13-17(14-10-6-2,15-11-7-3)16-12-8-4/h25-34,47H,5-24H2,1-4H3;5-16H2,1-4H3/q-1;+1. The Hall–Kier alpha value is -4.07. The number of amides is 3. The number of hydrogen-bond donors (Lipinski definition) is 0. The van der Waals surface area contributed by atoms with Gasteiger partial charge in [-0.1, -0.05) is 214 Å². The van der Waals surface area contributed by atoms with Crippen molar-refractivity contribution in [3.63, 3.8) is 0 Å². The summed E-state index contributed by atoms with van der Waals surface area (Å²) in [5.41, 5.74) is 2.47. The molecule has 1 unspecified atom stereocenters. The molecule has 2 aliphatic rings. The molecule has 0 spiro atoms. The van der Waals surface area contributed by atoms with Crippen molar-refractivity contribution in [2.45, 2.75) is 253 Å². The van der Waals surface area contributed by atoms with Gasteiger partial charge >= 0.3 is 0 Å². The number of carbonyl (C=O) groups excluding carboxylic acids is 3. The summed E-state index contributed by atoms with van der Waals surface area (Å²) in [6, 6.07) is 15.7. The van der Waals surface area contributed by atoms with Crippen molar-refractivity contribution in [2.24, 2.45) is 0 Å². The van der Waals surface area contributed by atoms with Gasteiger partial charge < -0.3 is 14.5 Å². The highest BCUT2D eigenvalue weighted by Gasteiger charge is 2.39. The Balaban J connectivity index is 0.000000438. The van der Waals surface area contributed by atoms with Crippen LogP contribution in [0.5, 0.6) is 0 Å². The zero-order chi connectivity index (χ0) is 52.3. The topological polar surface area (TPSA) is 80.8 Å². The molecule has 7 heteroatoms. The number of benzene rings is 5. The first-order valence-corrected chi connectivity index (χ1v) is 30.5. The lowest BCUT2D eigenvalue weighted by Crippen LogP contribution is -2.50. The van der Waals surface area contributed by atoms with E-state index in [0.717, 1.165) is 159 Å². The number of nitrogens with zero attached hydrogens (tertiary/aromatic N) is 3. The van der Waals surface area contributed by atoms with E-state index in [0.29, 0.717) is 22.3 Å². The summed E-state index contributed by atoms with van der Waals surface area (Å²) in [7, 11) is 0. The van der Waals surface area contributed by atoms with Crippen molar-refractivity contribution in [1.82, 2.24) is 9.80 Å². The van der Waals surface area contributed by atoms with Crippen LogP contribution < -0.4 is 5.11 Å². The molecule has 0 fully saturated rings. The van der Waals surface area contributed by atoms with Gasteiger partial charge in [0.15, 0.2) is 0 Å². The lowest BCUT2D eigenvalue weighted by atomic mass is 9.81. The Bertz CT molecular complexity index is 2380. The molecule has 5 aromatic carbocycles. The van der Waals surface area contributed by atoms with Gasteiger partial charge in [-0.2, -0.15) is 0 Å². The maximum absolute atomic E-state index is 14.6. The minimum absolute atomic E-state index is 0.0760. The number of hydrogen-bond acceptors (Lipinski definition) is 4. The summed E-state index contributed by atoms with van der Waals surface area (Å²) in [5, 5.41) is 21.7. The van der Waals surface area contributed by atoms with E-state index in [4.69, 9.17) is 0 Å². The summed E-state index contributed by atoms with van der Waals surface area (Å²) in [5.74, 6) is -0.516. The average Bonchev–Trinajstić information content (AvgIpc) is 3.40. The van der Waals surface area contributed by atoms with Crippen LogP contribution in [0.25, 0.3) is 43.1 Å². The molecule has 0 aliphatic carbocycles. The summed E-state index contributed by atoms with van der Waals surface area (Å²) in [6.07, 6.45) is 31.0. The number of imide groups is 1. The normalized spacial score (nSPS) is 14.9. The van der Waals surface area contributed by atoms with Gasteiger partial charge in [0.25, 0.3) is 17.7 Å². The number of rotatable bonds is 34. The predicted molar refractivity (Wildman–Crippen MR) is 309 cm³/mol. The molecule has 5 aromatic rings. The minimum Gasteiger partial charge on any atom is -0.833 e. The smallest absolute Gasteiger partial charge is 0.261 e. The van der Waals surface area contributed by atoms with Crippen LogP contribution in [0.15, 0.2) is 48.5 Å². The third-order valence-corrected chi connectivity index (χ3v) is 17.1. The largest absolute Gasteiger partial charge is 0.833 e. The molecule has 0 saturated carbocycles. The van der Waals surface area contributed by atoms with Crippen molar-refractivity contribution in [3.05, 3.63) is 70.8 Å². The first-order valence-electron chi connectivity index (χ1n) is 30.5. The van der Waals surface area contributed by atoms with Gasteiger partial charge in [-0.3, -0.25) is 19.3 Å². The van der Waals surface area contributed by atoms with Crippen molar-refractivity contribution in [1.29, 1.82) is 0 Å². The Morgan fingerprint density at radius 1 is 0.384 bits per heavy atom. The van der Waals surface area contributed by atoms with E-state index in [9.17, 15) is 19.5 Å². The molecule has 1 atom stereocenters. The van der Waals surface area contributed by atoms with Crippen LogP contribution in [0.1, 0.15) is 278 Å². The summed E-state index contributed by atoms with van der Waals surface area (Å²) in [4.78, 5) is 46.9. The summed E-state index contributed by atoms with van der Waals surface area (Å²) >= 11 is 0. The van der Waals surface area contributed by atoms with Crippen LogP contribution in [0, 0.1) is 0 Å². The predicted octanol–water partition coefficient (Wildman–Crippen LogP) is 17.8. The van der Waals surface area contributed by atoms with Crippen molar-refractivity contribution in [2.75, 3.05) is 26.2 Å². The molecule has 0 saturated heterocycles. The second-order valence-corrected chi connectivity index (χ2v) is 22.6. The molecule has 7 nitrogen and oxygen atoms in total. The fourth-order valence-corrected chi connectivity index (χ4v) is 12.8. The highest BCUT2D eigenvalue weighted by molar-refractivity contribution is 6.39. The molecule has 2 heterocycles. The van der Waals surface area contributed by atoms with Gasteiger partial charge in [0.05, 0.1) is 26.2 Å². The minimum atomic E-state index is -1.27. The quantitative estimate of drug-likeness (QED) is 0.0135. The SMILES string of the molecule is CCCCCCC(CCCCCC)N1C(=O)c2ccc3c4ccc5c6c(ccc(c7ccc(c2c37)C1=O)c64)C([O-])N(C(CCCCCC)CCCCCC)C5=O.CCCC[N+](CCCC)(CCCC)CCCC. The van der Waals surface area contributed by atoms with E-state index in [2.05, 4.69) is 61.5 Å². The lowest BCUT2D eigenvalue weighted by molar-refractivity contribution is -0.929. The lowest BCUT2D eigenvalue weighted by Gasteiger charge is -2.46. The molecule has 0 radical (unpaired) electrons. The third kappa shape index (κ3) is 13.5. The fraction of sp³-hybridized carbons (Fsp3) is 0.652. The molecule has 2 aliphatic heterocycles. The Morgan fingerprint density at radius 3 is 1.08 bits per heavy atom. The van der Waals surface area contributed by atoms with Crippen LogP contribution in [-0.2, 0) is 0 Å². The van der Waals surface area contributed by atoms with Crippen LogP contribution in [0.3, 0.4) is 0 Å². The fourth-order valence-electron chi connectivity index (χ4n) is 12.8. The Kier molecular flexibility index (Phi) is 23.3. The number of quaternary nitrogens is 1. The number of carbonyl (C=O) groups is 3. The van der Waals surface area contributed by atoms with Crippen LogP contribution >= 0.6 is 0 Å². The maximum atomic E-state index is 14.6. The molecule has 73 heavy (non-hydrogen) atoms. The average molecular weight is 999 g/mol. The second-order valence-electron chi connectivity index (χ2n) is 22.6. The van der Waals surface area contributed by atoms with Gasteiger partial charge in [-0.25, -0.2) is 0 Å². The van der Waals surface area contributed by atoms with Crippen molar-refractivity contribution < 1.29 is 24.0 Å². The zero-order valence-electron chi connectivity index (χ0n) is 47.5. The number of unbranched alkanes of at least 4 members (excludes halogenated alkanes) is 16.